The summed E-state index contributed by atoms with van der Waals surface area (Å²) in [6, 6.07) is 0. The Morgan fingerprint density at radius 2 is 2.00 bits per heavy atom. The second-order valence-electron chi connectivity index (χ2n) is 4.07. The molecule has 1 N–H and O–H groups in total. The van der Waals surface area contributed by atoms with Crippen molar-refractivity contribution in [2.24, 2.45) is 0 Å². The number of amides is 1. The van der Waals surface area contributed by atoms with Crippen molar-refractivity contribution in [3.63, 3.8) is 0 Å². The van der Waals surface area contributed by atoms with Crippen molar-refractivity contribution in [1.82, 2.24) is 5.32 Å². The van der Waals surface area contributed by atoms with Crippen LogP contribution < -0.4 is 5.32 Å². The second kappa shape index (κ2) is 15.7. The number of nitrogens with one attached hydrogen (secondary N) is 1. The van der Waals surface area contributed by atoms with E-state index >= 15 is 0 Å². The maximum absolute atomic E-state index is 10.7. The van der Waals surface area contributed by atoms with Gasteiger partial charge >= 0.3 is 5.97 Å². The lowest BCUT2D eigenvalue weighted by molar-refractivity contribution is -0.139. The summed E-state index contributed by atoms with van der Waals surface area (Å²) < 4.78 is 14.8. The molecule has 0 saturated heterocycles. The van der Waals surface area contributed by atoms with E-state index in [1.165, 1.54) is 0 Å². The number of hydrogen-bond donors (Lipinski definition) is 1. The predicted octanol–water partition coefficient (Wildman–Crippen LogP) is 1.30. The first kappa shape index (κ1) is 20.9. The molecule has 0 bridgehead atoms. The van der Waals surface area contributed by atoms with Crippen LogP contribution in [0.3, 0.4) is 0 Å². The maximum atomic E-state index is 10.7. The molecule has 6 nitrogen and oxygen atoms in total. The molecule has 0 aliphatic carbocycles. The topological polar surface area (TPSA) is 73.9 Å². The first-order valence-electron chi connectivity index (χ1n) is 6.59. The minimum atomic E-state index is -0.433. The summed E-state index contributed by atoms with van der Waals surface area (Å²) in [6.07, 6.45) is 2.00. The van der Waals surface area contributed by atoms with Crippen molar-refractivity contribution in [1.29, 1.82) is 0 Å². The van der Waals surface area contributed by atoms with Gasteiger partial charge in [0.25, 0.3) is 0 Å². The van der Waals surface area contributed by atoms with E-state index < -0.39 is 5.97 Å². The number of hydrogen-bond acceptors (Lipinski definition) is 5. The summed E-state index contributed by atoms with van der Waals surface area (Å²) in [6.45, 7) is 11.1. The van der Waals surface area contributed by atoms with E-state index in [0.717, 1.165) is 6.42 Å². The Bertz CT molecular complexity index is 268. The van der Waals surface area contributed by atoms with Crippen LogP contribution in [0.5, 0.6) is 0 Å². The monoisotopic (exact) mass is 289 g/mol. The van der Waals surface area contributed by atoms with Crippen molar-refractivity contribution in [3.8, 4) is 0 Å². The molecule has 0 aromatic rings. The second-order valence-corrected chi connectivity index (χ2v) is 4.07. The Labute approximate surface area is 121 Å². The molecule has 0 radical (unpaired) electrons. The van der Waals surface area contributed by atoms with E-state index in [1.807, 2.05) is 0 Å². The summed E-state index contributed by atoms with van der Waals surface area (Å²) in [5.41, 5.74) is 0.358. The van der Waals surface area contributed by atoms with E-state index in [2.05, 4.69) is 30.5 Å². The average molecular weight is 289 g/mol. The van der Waals surface area contributed by atoms with Gasteiger partial charge in [0, 0.05) is 12.7 Å². The van der Waals surface area contributed by atoms with Crippen LogP contribution in [0.4, 0.5) is 0 Å². The highest BCUT2D eigenvalue weighted by molar-refractivity contribution is 5.86. The summed E-state index contributed by atoms with van der Waals surface area (Å²) in [5.74, 6) is -0.433. The molecule has 6 heteroatoms. The Kier molecular flexibility index (Phi) is 16.4. The zero-order chi connectivity index (χ0) is 15.8. The third-order valence-corrected chi connectivity index (χ3v) is 2.18. The van der Waals surface area contributed by atoms with E-state index in [9.17, 15) is 9.59 Å². The number of carbonyl (C=O) groups is 2. The quantitative estimate of drug-likeness (QED) is 0.284. The molecule has 0 spiro atoms. The van der Waals surface area contributed by atoms with Crippen LogP contribution in [-0.4, -0.2) is 52.0 Å². The van der Waals surface area contributed by atoms with Crippen molar-refractivity contribution in [3.05, 3.63) is 12.2 Å². The van der Waals surface area contributed by atoms with Gasteiger partial charge in [0.15, 0.2) is 0 Å². The van der Waals surface area contributed by atoms with E-state index in [1.54, 1.807) is 14.0 Å². The highest BCUT2D eigenvalue weighted by atomic mass is 16.5. The molecule has 0 heterocycles. The van der Waals surface area contributed by atoms with E-state index in [-0.39, 0.29) is 6.61 Å². The molecule has 1 amide bonds. The summed E-state index contributed by atoms with van der Waals surface area (Å²) in [7, 11) is 1.68. The Morgan fingerprint density at radius 1 is 1.35 bits per heavy atom. The fourth-order valence-electron chi connectivity index (χ4n) is 0.835. The zero-order valence-electron chi connectivity index (χ0n) is 12.9. The molecular formula is C14H27NO5. The SMILES string of the molecule is C=C(C)C(=O)OCCNC=O.CCC(C)OCCOC. The number of ether oxygens (including phenoxy) is 3. The van der Waals surface area contributed by atoms with Gasteiger partial charge in [-0.25, -0.2) is 4.79 Å². The first-order chi connectivity index (χ1) is 9.49. The Hall–Kier alpha value is -1.40. The largest absolute Gasteiger partial charge is 0.460 e. The van der Waals surface area contributed by atoms with Gasteiger partial charge in [-0.1, -0.05) is 13.5 Å². The molecule has 0 rings (SSSR count). The zero-order valence-corrected chi connectivity index (χ0v) is 12.9. The van der Waals surface area contributed by atoms with Crippen LogP contribution in [0.15, 0.2) is 12.2 Å². The van der Waals surface area contributed by atoms with E-state index in [0.29, 0.717) is 37.8 Å². The van der Waals surface area contributed by atoms with Crippen LogP contribution in [-0.2, 0) is 23.8 Å². The summed E-state index contributed by atoms with van der Waals surface area (Å²) >= 11 is 0. The number of methoxy groups -OCH3 is 1. The minimum absolute atomic E-state index is 0.185. The van der Waals surface area contributed by atoms with Crippen molar-refractivity contribution >= 4 is 12.4 Å². The molecule has 1 unspecified atom stereocenters. The smallest absolute Gasteiger partial charge is 0.333 e. The van der Waals surface area contributed by atoms with Gasteiger partial charge in [0.05, 0.1) is 25.9 Å². The lowest BCUT2D eigenvalue weighted by Gasteiger charge is -2.08. The highest BCUT2D eigenvalue weighted by Crippen LogP contribution is 1.94. The molecule has 1 atom stereocenters. The molecule has 0 aliphatic rings. The molecule has 0 aromatic carbocycles. The molecule has 0 saturated carbocycles. The van der Waals surface area contributed by atoms with Crippen LogP contribution in [0, 0.1) is 0 Å². The van der Waals surface area contributed by atoms with Gasteiger partial charge in [0.2, 0.25) is 6.41 Å². The van der Waals surface area contributed by atoms with Gasteiger partial charge in [-0.3, -0.25) is 4.79 Å². The average Bonchev–Trinajstić information content (AvgIpc) is 2.44. The normalized spacial score (nSPS) is 10.8. The van der Waals surface area contributed by atoms with Gasteiger partial charge < -0.3 is 19.5 Å². The summed E-state index contributed by atoms with van der Waals surface area (Å²) in [5, 5.41) is 2.36. The lowest BCUT2D eigenvalue weighted by Crippen LogP contribution is -2.19. The van der Waals surface area contributed by atoms with Gasteiger partial charge in [-0.15, -0.1) is 0 Å². The highest BCUT2D eigenvalue weighted by Gasteiger charge is 2.00. The van der Waals surface area contributed by atoms with Crippen molar-refractivity contribution < 1.29 is 23.8 Å². The minimum Gasteiger partial charge on any atom is -0.460 e. The molecular weight excluding hydrogens is 262 g/mol. The molecule has 20 heavy (non-hydrogen) atoms. The lowest BCUT2D eigenvalue weighted by atomic mass is 10.3. The molecule has 0 aromatic heterocycles. The van der Waals surface area contributed by atoms with E-state index in [4.69, 9.17) is 9.47 Å². The third-order valence-electron chi connectivity index (χ3n) is 2.18. The molecule has 0 aliphatic heterocycles. The van der Waals surface area contributed by atoms with Gasteiger partial charge in [-0.2, -0.15) is 0 Å². The van der Waals surface area contributed by atoms with Gasteiger partial charge in [0.1, 0.15) is 6.61 Å². The number of esters is 1. The van der Waals surface area contributed by atoms with Gasteiger partial charge in [-0.05, 0) is 20.3 Å². The van der Waals surface area contributed by atoms with Crippen LogP contribution in [0.1, 0.15) is 27.2 Å². The maximum Gasteiger partial charge on any atom is 0.333 e. The van der Waals surface area contributed by atoms with Crippen LogP contribution >= 0.6 is 0 Å². The first-order valence-corrected chi connectivity index (χ1v) is 6.59. The Balaban J connectivity index is 0. The van der Waals surface area contributed by atoms with Crippen LogP contribution in [0.25, 0.3) is 0 Å². The molecule has 118 valence electrons. The fourth-order valence-corrected chi connectivity index (χ4v) is 0.835. The fraction of sp³-hybridized carbons (Fsp3) is 0.714. The van der Waals surface area contributed by atoms with Crippen LogP contribution in [0.2, 0.25) is 0 Å². The third kappa shape index (κ3) is 16.6. The molecule has 0 fully saturated rings. The predicted molar refractivity (Wildman–Crippen MR) is 77.4 cm³/mol. The number of rotatable bonds is 10. The summed E-state index contributed by atoms with van der Waals surface area (Å²) in [4.78, 5) is 20.4. The van der Waals surface area contributed by atoms with Crippen molar-refractivity contribution in [2.45, 2.75) is 33.3 Å². The van der Waals surface area contributed by atoms with Crippen molar-refractivity contribution in [2.75, 3.05) is 33.5 Å². The standard InChI is InChI=1S/C7H11NO3.C7H16O2/c1-6(2)7(10)11-4-3-8-5-9;1-4-7(2)9-6-5-8-3/h5H,1,3-4H2,2H3,(H,8,9);7H,4-6H2,1-3H3. The number of carbonyl (C=O) groups excluding carboxylic acids is 2. The Morgan fingerprint density at radius 3 is 2.45 bits per heavy atom.